The highest BCUT2D eigenvalue weighted by atomic mass is 32.2. The number of hydrogen-bond donors (Lipinski definition) is 1. The molecule has 4 heterocycles. The van der Waals surface area contributed by atoms with Crippen LogP contribution in [0.2, 0.25) is 0 Å². The van der Waals surface area contributed by atoms with Gasteiger partial charge < -0.3 is 35.0 Å². The maximum absolute atomic E-state index is 10.5. The lowest BCUT2D eigenvalue weighted by Crippen LogP contribution is -2.17. The summed E-state index contributed by atoms with van der Waals surface area (Å²) in [7, 11) is 12.1. The first kappa shape index (κ1) is 71.2. The number of primary amides is 1. The fraction of sp³-hybridized carbons (Fsp3) is 0.560. The summed E-state index contributed by atoms with van der Waals surface area (Å²) in [6.07, 6.45) is 6.81. The maximum atomic E-state index is 10.5. The van der Waals surface area contributed by atoms with E-state index < -0.39 is 9.52 Å². The molecule has 0 bridgehead atoms. The van der Waals surface area contributed by atoms with Crippen molar-refractivity contribution in [3.63, 3.8) is 0 Å². The van der Waals surface area contributed by atoms with Gasteiger partial charge in [-0.1, -0.05) is 56.8 Å². The van der Waals surface area contributed by atoms with Crippen LogP contribution in [0.25, 0.3) is 0 Å². The number of allylic oxidation sites excluding steroid dienone is 2. The average Bonchev–Trinajstić information content (AvgIpc) is 3.93. The molecule has 15 heteroatoms. The highest BCUT2D eigenvalue weighted by molar-refractivity contribution is 7.98. The monoisotopic (exact) mass is 932 g/mol. The minimum Gasteiger partial charge on any atom is -0.478 e. The topological polar surface area (TPSA) is 161 Å². The lowest BCUT2D eigenvalue weighted by molar-refractivity contribution is -0.126. The van der Waals surface area contributed by atoms with Crippen LogP contribution in [0.3, 0.4) is 0 Å². The number of nitrogens with two attached hydrogens (primary N) is 1. The molecule has 0 saturated carbocycles. The van der Waals surface area contributed by atoms with Gasteiger partial charge in [-0.25, -0.2) is 0 Å². The third-order valence-electron chi connectivity index (χ3n) is 8.15. The summed E-state index contributed by atoms with van der Waals surface area (Å²) in [5, 5.41) is 11.3. The van der Waals surface area contributed by atoms with Crippen LogP contribution in [-0.4, -0.2) is 150 Å². The van der Waals surface area contributed by atoms with Crippen molar-refractivity contribution >= 4 is 33.0 Å². The number of amides is 2. The number of aryl methyl sites for hydroxylation is 4. The Bertz CT molecular complexity index is 1680. The number of ketones is 1. The van der Waals surface area contributed by atoms with Crippen molar-refractivity contribution in [2.24, 2.45) is 18.7 Å². The maximum Gasteiger partial charge on any atom is 0.222 e. The van der Waals surface area contributed by atoms with Gasteiger partial charge in [-0.2, -0.15) is 10.4 Å². The molecule has 14 nitrogen and oxygen atoms in total. The number of nitriles is 1. The van der Waals surface area contributed by atoms with Crippen molar-refractivity contribution in [2.75, 3.05) is 87.6 Å². The van der Waals surface area contributed by atoms with E-state index in [2.05, 4.69) is 105 Å². The molecule has 3 aliphatic heterocycles. The molecule has 5 rings (SSSR count). The molecular weight excluding hydrogens is 839 g/mol. The first-order valence-electron chi connectivity index (χ1n) is 21.2. The quantitative estimate of drug-likeness (QED) is 0.230. The largest absolute Gasteiger partial charge is 0.478 e. The van der Waals surface area contributed by atoms with Gasteiger partial charge in [0.05, 0.1) is 18.4 Å². The van der Waals surface area contributed by atoms with Gasteiger partial charge in [-0.3, -0.25) is 23.3 Å². The van der Waals surface area contributed by atoms with Gasteiger partial charge >= 0.3 is 0 Å². The third-order valence-corrected chi connectivity index (χ3v) is 8.15. The van der Waals surface area contributed by atoms with E-state index in [1.165, 1.54) is 36.2 Å². The second kappa shape index (κ2) is 42.5. The van der Waals surface area contributed by atoms with Crippen LogP contribution in [0.15, 0.2) is 85.8 Å². The molecule has 2 aromatic rings. The van der Waals surface area contributed by atoms with Gasteiger partial charge in [0.15, 0.2) is 5.88 Å². The zero-order chi connectivity index (χ0) is 52.6. The van der Waals surface area contributed by atoms with Crippen molar-refractivity contribution in [1.29, 1.82) is 5.26 Å². The number of hydrogen-bond acceptors (Lipinski definition) is 11. The Morgan fingerprint density at radius 3 is 1.29 bits per heavy atom. The molecule has 374 valence electrons. The van der Waals surface area contributed by atoms with Crippen molar-refractivity contribution in [3.8, 4) is 6.07 Å². The van der Waals surface area contributed by atoms with Crippen LogP contribution in [0, 0.1) is 38.0 Å². The Morgan fingerprint density at radius 2 is 1.20 bits per heavy atom. The van der Waals surface area contributed by atoms with E-state index in [0.717, 1.165) is 63.0 Å². The molecule has 0 radical (unpaired) electrons. The van der Waals surface area contributed by atoms with Crippen LogP contribution in [-0.2, 0) is 35.7 Å². The predicted octanol–water partition coefficient (Wildman–Crippen LogP) is 7.90. The first-order chi connectivity index (χ1) is 29.6. The van der Waals surface area contributed by atoms with Gasteiger partial charge in [-0.05, 0) is 94.1 Å². The molecule has 2 N–H and O–H groups in total. The summed E-state index contributed by atoms with van der Waals surface area (Å²) in [6, 6.07) is 12.1. The van der Waals surface area contributed by atoms with Crippen LogP contribution in [0.1, 0.15) is 85.1 Å². The van der Waals surface area contributed by atoms with Gasteiger partial charge in [-0.15, -0.1) is 6.58 Å². The molecule has 65 heavy (non-hydrogen) atoms. The predicted molar refractivity (Wildman–Crippen MR) is 281 cm³/mol. The molecule has 2 amide bonds. The summed E-state index contributed by atoms with van der Waals surface area (Å²) >= 11 is 0. The van der Waals surface area contributed by atoms with Crippen molar-refractivity contribution < 1.29 is 23.3 Å². The zero-order valence-corrected chi connectivity index (χ0v) is 45.4. The molecule has 0 atom stereocenters. The van der Waals surface area contributed by atoms with Crippen LogP contribution >= 0.6 is 0 Å². The molecule has 3 saturated heterocycles. The Hall–Kier alpha value is -5.49. The summed E-state index contributed by atoms with van der Waals surface area (Å²) < 4.78 is 16.9. The van der Waals surface area contributed by atoms with E-state index in [1.807, 2.05) is 97.3 Å². The summed E-state index contributed by atoms with van der Waals surface area (Å²) in [5.74, 6) is 5.65. The normalized spacial score (nSPS) is 12.5. The summed E-state index contributed by atoms with van der Waals surface area (Å²) in [6.45, 7) is 40.0. The molecule has 3 fully saturated rings. The van der Waals surface area contributed by atoms with E-state index >= 15 is 0 Å². The Balaban J connectivity index is -0.000000149. The Labute approximate surface area is 398 Å². The van der Waals surface area contributed by atoms with E-state index in [-0.39, 0.29) is 17.6 Å². The van der Waals surface area contributed by atoms with Crippen LogP contribution < -0.4 is 5.73 Å². The lowest BCUT2D eigenvalue weighted by atomic mass is 10.1. The summed E-state index contributed by atoms with van der Waals surface area (Å²) in [4.78, 5) is 39.9. The van der Waals surface area contributed by atoms with Crippen molar-refractivity contribution in [1.82, 2.24) is 34.3 Å². The van der Waals surface area contributed by atoms with E-state index in [4.69, 9.17) is 10.00 Å². The number of nitrogens with zero attached hydrogens (tertiary/aromatic N) is 8. The van der Waals surface area contributed by atoms with E-state index in [1.54, 1.807) is 36.6 Å². The Morgan fingerprint density at radius 1 is 0.846 bits per heavy atom. The average molecular weight is 932 g/mol. The number of rotatable bonds is 2. The van der Waals surface area contributed by atoms with Gasteiger partial charge in [0.2, 0.25) is 11.8 Å². The van der Waals surface area contributed by atoms with Crippen LogP contribution in [0.4, 0.5) is 0 Å². The summed E-state index contributed by atoms with van der Waals surface area (Å²) in [5.41, 5.74) is 10.7. The fourth-order valence-corrected chi connectivity index (χ4v) is 3.27. The van der Waals surface area contributed by atoms with Gasteiger partial charge in [0.25, 0.3) is 0 Å². The van der Waals surface area contributed by atoms with Crippen molar-refractivity contribution in [3.05, 3.63) is 103 Å². The SMILES string of the molecule is C=C(C)C.C=C(C)N(C)C.C=C1N(C)CCN1C.C=C1OCCN1C.C=S(C)(C)=O.CC#N.CC(=O)C(C)C.CC(N)=O.CN1CCCC1=O.Cc1ccccc1C.Cc1ccnn1C. The lowest BCUT2D eigenvalue weighted by Gasteiger charge is -2.14. The van der Waals surface area contributed by atoms with Gasteiger partial charge in [0.1, 0.15) is 12.4 Å². The standard InChI is InChI=1S/C8H10.C6H12N2.C5H8N2.2C5H9NO.C5H11N.C5H10O.C4H8.C3H8OS.C2H5NO.C2H3N/c1-7-5-3-4-6-8(7)2;1-6-7(2)4-5-8(6)3;1-5-3-4-6-7(5)2;1-5-6(2)3-4-7-5;1-6-4-2-3-5(6)7;1-5(2)6(3)4;1-4(2)5(3)6;1-4(2)3;1-5(2,3)4;1-2(3)4;1-2-3/h3-6H,1-2H3;1,4-5H2,2-3H3;3-4H,1-2H3;1,3-4H2,2H3;2-4H2,1H3;1H2,2-4H3;4H,1-3H3;1H2,2-3H3;1H2,2-3H3;1H3,(H2,3,4);1H3. The van der Waals surface area contributed by atoms with E-state index in [9.17, 15) is 18.6 Å². The highest BCUT2D eigenvalue weighted by Crippen LogP contribution is 2.10. The number of carbonyl (C=O) groups is 3. The first-order valence-corrected chi connectivity index (χ1v) is 23.8. The number of carbonyl (C=O) groups excluding carboxylic acids is 3. The molecule has 0 unspecified atom stereocenters. The minimum atomic E-state index is -1.67. The van der Waals surface area contributed by atoms with Crippen molar-refractivity contribution in [2.45, 2.75) is 89.0 Å². The molecule has 0 spiro atoms. The van der Waals surface area contributed by atoms with Crippen LogP contribution in [0.5, 0.6) is 0 Å². The molecule has 3 aliphatic rings. The molecule has 1 aromatic heterocycles. The second-order valence-corrected chi connectivity index (χ2v) is 19.3. The second-order valence-electron chi connectivity index (χ2n) is 16.4. The van der Waals surface area contributed by atoms with Gasteiger partial charge in [0, 0.05) is 125 Å². The Kier molecular flexibility index (Phi) is 46.5. The zero-order valence-electron chi connectivity index (χ0n) is 44.6. The number of likely N-dealkylation sites (tertiary alicyclic amines) is 1. The fourth-order valence-electron chi connectivity index (χ4n) is 3.27. The van der Waals surface area contributed by atoms with E-state index in [0.29, 0.717) is 5.91 Å². The third kappa shape index (κ3) is 58.5. The number of benzene rings is 1. The number of aromatic nitrogens is 2. The highest BCUT2D eigenvalue weighted by Gasteiger charge is 2.15. The minimum absolute atomic E-state index is 0.213. The smallest absolute Gasteiger partial charge is 0.222 e. The molecular formula is C50H93N9O5S. The number of ether oxygens (including phenoxy) is 1. The molecule has 1 aromatic carbocycles. The molecule has 0 aliphatic carbocycles. The number of Topliss-reactive ketones (excluding diaryl/α,β-unsaturated/α-hetero) is 1. The number of likely N-dealkylation sites (N-methyl/N-ethyl adjacent to an activating group) is 3.